The van der Waals surface area contributed by atoms with Crippen LogP contribution in [0.5, 0.6) is 0 Å². The minimum Gasteiger partial charge on any atom is -0.354 e. The summed E-state index contributed by atoms with van der Waals surface area (Å²) in [5.74, 6) is 1.13. The van der Waals surface area contributed by atoms with Gasteiger partial charge >= 0.3 is 0 Å². The van der Waals surface area contributed by atoms with Gasteiger partial charge in [0.1, 0.15) is 6.04 Å². The molecule has 7 rings (SSSR count). The minimum atomic E-state index is -3.02. The van der Waals surface area contributed by atoms with Crippen molar-refractivity contribution in [3.63, 3.8) is 0 Å². The molecule has 1 N–H and O–H groups in total. The predicted molar refractivity (Wildman–Crippen MR) is 137 cm³/mol. The van der Waals surface area contributed by atoms with Gasteiger partial charge in [0.25, 0.3) is 0 Å². The molecule has 0 spiro atoms. The Morgan fingerprint density at radius 1 is 0.829 bits per heavy atom. The van der Waals surface area contributed by atoms with Gasteiger partial charge < -0.3 is 5.32 Å². The Morgan fingerprint density at radius 2 is 1.37 bits per heavy atom. The van der Waals surface area contributed by atoms with Crippen molar-refractivity contribution < 1.29 is 13.2 Å². The molecular weight excluding hydrogens is 456 g/mol. The highest BCUT2D eigenvalue weighted by molar-refractivity contribution is 7.91. The van der Waals surface area contributed by atoms with Crippen molar-refractivity contribution in [1.29, 1.82) is 0 Å². The molecule has 2 bridgehead atoms. The Morgan fingerprint density at radius 3 is 1.97 bits per heavy atom. The Bertz CT molecular complexity index is 1290. The fourth-order valence-electron chi connectivity index (χ4n) is 6.44. The molecule has 1 fully saturated rings. The van der Waals surface area contributed by atoms with E-state index in [4.69, 9.17) is 0 Å². The van der Waals surface area contributed by atoms with E-state index in [-0.39, 0.29) is 23.3 Å². The second kappa shape index (κ2) is 8.92. The van der Waals surface area contributed by atoms with Crippen molar-refractivity contribution in [2.45, 2.75) is 24.3 Å². The molecule has 3 aromatic rings. The van der Waals surface area contributed by atoms with Crippen LogP contribution >= 0.6 is 0 Å². The molecule has 1 amide bonds. The SMILES string of the molecule is O=C(NCC1CC2c3ccccc3C1c1ccccc12)C(c1ccccc1)N1CCS(=O)(=O)CC1. The molecule has 6 heteroatoms. The fourth-order valence-corrected chi connectivity index (χ4v) is 7.67. The van der Waals surface area contributed by atoms with Crippen LogP contribution in [0.15, 0.2) is 78.9 Å². The van der Waals surface area contributed by atoms with E-state index in [2.05, 4.69) is 53.8 Å². The van der Waals surface area contributed by atoms with E-state index in [0.717, 1.165) is 12.0 Å². The van der Waals surface area contributed by atoms with Crippen molar-refractivity contribution in [2.75, 3.05) is 31.1 Å². The summed E-state index contributed by atoms with van der Waals surface area (Å²) in [5, 5.41) is 3.29. The van der Waals surface area contributed by atoms with Gasteiger partial charge in [-0.15, -0.1) is 0 Å². The molecule has 0 saturated carbocycles. The van der Waals surface area contributed by atoms with E-state index in [9.17, 15) is 13.2 Å². The van der Waals surface area contributed by atoms with Gasteiger partial charge in [-0.2, -0.15) is 0 Å². The maximum absolute atomic E-state index is 13.6. The van der Waals surface area contributed by atoms with Crippen LogP contribution < -0.4 is 5.32 Å². The average Bonchev–Trinajstić information content (AvgIpc) is 2.89. The Hall–Kier alpha value is -2.96. The summed E-state index contributed by atoms with van der Waals surface area (Å²) in [6, 6.07) is 26.8. The Balaban J connectivity index is 1.25. The zero-order valence-corrected chi connectivity index (χ0v) is 20.5. The molecule has 0 aromatic heterocycles. The first kappa shape index (κ1) is 22.5. The summed E-state index contributed by atoms with van der Waals surface area (Å²) in [4.78, 5) is 15.7. The molecular formula is C29H30N2O3S. The van der Waals surface area contributed by atoms with Crippen molar-refractivity contribution in [3.05, 3.63) is 107 Å². The number of hydrogen-bond acceptors (Lipinski definition) is 4. The van der Waals surface area contributed by atoms with Crippen LogP contribution in [0.2, 0.25) is 0 Å². The number of carbonyl (C=O) groups excluding carboxylic acids is 1. The number of nitrogens with zero attached hydrogens (tertiary/aromatic N) is 1. The van der Waals surface area contributed by atoms with Crippen molar-refractivity contribution >= 4 is 15.7 Å². The third-order valence-electron chi connectivity index (χ3n) is 8.07. The minimum absolute atomic E-state index is 0.0430. The number of fused-ring (bicyclic) bond motifs is 1. The molecule has 1 aliphatic heterocycles. The van der Waals surface area contributed by atoms with Crippen LogP contribution in [0.25, 0.3) is 0 Å². The maximum atomic E-state index is 13.6. The lowest BCUT2D eigenvalue weighted by atomic mass is 9.59. The number of nitrogens with one attached hydrogen (secondary N) is 1. The van der Waals surface area contributed by atoms with Crippen LogP contribution in [0.3, 0.4) is 0 Å². The van der Waals surface area contributed by atoms with Gasteiger partial charge in [-0.1, -0.05) is 78.9 Å². The standard InChI is InChI=1S/C29H30N2O3S/c32-29(28(20-8-2-1-3-9-20)31-14-16-35(33,34)17-15-31)30-19-21-18-26-22-10-4-6-12-24(22)27(21)25-13-7-5-11-23(25)26/h1-13,21,26-28H,14-19H2,(H,30,32). The van der Waals surface area contributed by atoms with Crippen molar-refractivity contribution in [3.8, 4) is 0 Å². The molecule has 4 aliphatic rings. The van der Waals surface area contributed by atoms with E-state index in [1.807, 2.05) is 35.2 Å². The fraction of sp³-hybridized carbons (Fsp3) is 0.345. The summed E-state index contributed by atoms with van der Waals surface area (Å²) in [6.45, 7) is 1.37. The number of carbonyl (C=O) groups is 1. The van der Waals surface area contributed by atoms with Crippen LogP contribution in [0.4, 0.5) is 0 Å². The van der Waals surface area contributed by atoms with E-state index in [1.165, 1.54) is 22.3 Å². The molecule has 3 aliphatic carbocycles. The molecule has 2 atom stereocenters. The zero-order valence-electron chi connectivity index (χ0n) is 19.6. The van der Waals surface area contributed by atoms with Crippen LogP contribution in [-0.4, -0.2) is 50.4 Å². The largest absolute Gasteiger partial charge is 0.354 e. The summed E-state index contributed by atoms with van der Waals surface area (Å²) < 4.78 is 24.0. The van der Waals surface area contributed by atoms with Crippen LogP contribution in [-0.2, 0) is 14.6 Å². The van der Waals surface area contributed by atoms with Gasteiger partial charge in [0, 0.05) is 31.5 Å². The molecule has 1 saturated heterocycles. The smallest absolute Gasteiger partial charge is 0.241 e. The second-order valence-electron chi connectivity index (χ2n) is 10.0. The summed E-state index contributed by atoms with van der Waals surface area (Å²) in [5.41, 5.74) is 6.54. The lowest BCUT2D eigenvalue weighted by Gasteiger charge is -2.45. The number of rotatable bonds is 5. The summed E-state index contributed by atoms with van der Waals surface area (Å²) in [6.07, 6.45) is 1.02. The molecule has 180 valence electrons. The number of hydrogen-bond donors (Lipinski definition) is 1. The van der Waals surface area contributed by atoms with E-state index in [1.54, 1.807) is 0 Å². The highest BCUT2D eigenvalue weighted by atomic mass is 32.2. The van der Waals surface area contributed by atoms with E-state index >= 15 is 0 Å². The zero-order chi connectivity index (χ0) is 24.0. The third-order valence-corrected chi connectivity index (χ3v) is 9.68. The van der Waals surface area contributed by atoms with Gasteiger partial charge in [-0.25, -0.2) is 8.42 Å². The molecule has 3 aromatic carbocycles. The van der Waals surface area contributed by atoms with Gasteiger partial charge in [0.15, 0.2) is 9.84 Å². The van der Waals surface area contributed by atoms with Crippen LogP contribution in [0, 0.1) is 5.92 Å². The molecule has 1 heterocycles. The molecule has 35 heavy (non-hydrogen) atoms. The topological polar surface area (TPSA) is 66.5 Å². The molecule has 5 nitrogen and oxygen atoms in total. The number of sulfone groups is 1. The number of amides is 1. The van der Waals surface area contributed by atoms with E-state index < -0.39 is 15.9 Å². The first-order valence-electron chi connectivity index (χ1n) is 12.5. The lowest BCUT2D eigenvalue weighted by Crippen LogP contribution is -2.49. The van der Waals surface area contributed by atoms with E-state index in [0.29, 0.717) is 31.5 Å². The molecule has 2 unspecified atom stereocenters. The monoisotopic (exact) mass is 486 g/mol. The number of benzene rings is 3. The van der Waals surface area contributed by atoms with Gasteiger partial charge in [0.05, 0.1) is 11.5 Å². The molecule has 0 radical (unpaired) electrons. The lowest BCUT2D eigenvalue weighted by molar-refractivity contribution is -0.126. The Kier molecular flexibility index (Phi) is 5.73. The average molecular weight is 487 g/mol. The maximum Gasteiger partial charge on any atom is 0.241 e. The van der Waals surface area contributed by atoms with Crippen molar-refractivity contribution in [1.82, 2.24) is 10.2 Å². The third kappa shape index (κ3) is 4.09. The normalized spacial score (nSPS) is 25.3. The highest BCUT2D eigenvalue weighted by Gasteiger charge is 2.43. The summed E-state index contributed by atoms with van der Waals surface area (Å²) >= 11 is 0. The van der Waals surface area contributed by atoms with Crippen molar-refractivity contribution in [2.24, 2.45) is 5.92 Å². The highest BCUT2D eigenvalue weighted by Crippen LogP contribution is 2.55. The van der Waals surface area contributed by atoms with Gasteiger partial charge in [-0.3, -0.25) is 9.69 Å². The van der Waals surface area contributed by atoms with Gasteiger partial charge in [0.2, 0.25) is 5.91 Å². The first-order chi connectivity index (χ1) is 17.0. The first-order valence-corrected chi connectivity index (χ1v) is 14.3. The predicted octanol–water partition coefficient (Wildman–Crippen LogP) is 3.87. The van der Waals surface area contributed by atoms with Gasteiger partial charge in [-0.05, 0) is 40.2 Å². The quantitative estimate of drug-likeness (QED) is 0.595. The summed E-state index contributed by atoms with van der Waals surface area (Å²) in [7, 11) is -3.02. The second-order valence-corrected chi connectivity index (χ2v) is 12.3. The Labute approximate surface area is 207 Å². The van der Waals surface area contributed by atoms with Crippen LogP contribution in [0.1, 0.15) is 52.1 Å².